The van der Waals surface area contributed by atoms with Crippen LogP contribution in [-0.4, -0.2) is 60.9 Å². The second-order valence-corrected chi connectivity index (χ2v) is 4.79. The third-order valence-electron chi connectivity index (χ3n) is 3.54. The number of hydrogen-bond donors (Lipinski definition) is 1. The van der Waals surface area contributed by atoms with Crippen molar-refractivity contribution in [1.29, 1.82) is 0 Å². The first-order valence-corrected chi connectivity index (χ1v) is 6.84. The van der Waals surface area contributed by atoms with E-state index >= 15 is 0 Å². The maximum Gasteiger partial charge on any atom is 0.226 e. The molecular formula is C13H25N3O2. The van der Waals surface area contributed by atoms with Crippen molar-refractivity contribution in [3.8, 4) is 0 Å². The minimum atomic E-state index is 0.00218. The Balaban J connectivity index is 2.06. The standard InChI is InChI=1S/C13H25N3O2/c1-4-15(5-2)8-6-7-14-13(18)12-9-16(10-12)11(3)17/h12H,4-10H2,1-3H3,(H,14,18). The zero-order valence-corrected chi connectivity index (χ0v) is 11.7. The minimum absolute atomic E-state index is 0.00218. The Hall–Kier alpha value is -1.10. The van der Waals surface area contributed by atoms with Gasteiger partial charge in [0.15, 0.2) is 0 Å². The molecule has 5 heteroatoms. The summed E-state index contributed by atoms with van der Waals surface area (Å²) in [5.74, 6) is 0.148. The van der Waals surface area contributed by atoms with Gasteiger partial charge < -0.3 is 15.1 Å². The van der Waals surface area contributed by atoms with Gasteiger partial charge in [-0.25, -0.2) is 0 Å². The summed E-state index contributed by atoms with van der Waals surface area (Å²) in [7, 11) is 0. The summed E-state index contributed by atoms with van der Waals surface area (Å²) >= 11 is 0. The molecule has 1 saturated heterocycles. The lowest BCUT2D eigenvalue weighted by atomic mass is 9.99. The van der Waals surface area contributed by atoms with Crippen molar-refractivity contribution in [3.05, 3.63) is 0 Å². The molecule has 5 nitrogen and oxygen atoms in total. The largest absolute Gasteiger partial charge is 0.356 e. The number of carbonyl (C=O) groups excluding carboxylic acids is 2. The molecule has 104 valence electrons. The molecule has 0 radical (unpaired) electrons. The monoisotopic (exact) mass is 255 g/mol. The first-order chi connectivity index (χ1) is 8.58. The summed E-state index contributed by atoms with van der Waals surface area (Å²) in [6.45, 7) is 10.9. The Bertz CT molecular complexity index is 284. The van der Waals surface area contributed by atoms with Crippen LogP contribution in [0, 0.1) is 5.92 Å². The quantitative estimate of drug-likeness (QED) is 0.666. The lowest BCUT2D eigenvalue weighted by molar-refractivity contribution is -0.141. The molecule has 0 spiro atoms. The predicted octanol–water partition coefficient (Wildman–Crippen LogP) is 0.313. The van der Waals surface area contributed by atoms with Gasteiger partial charge in [0.2, 0.25) is 11.8 Å². The van der Waals surface area contributed by atoms with Crippen molar-refractivity contribution in [2.45, 2.75) is 27.2 Å². The highest BCUT2D eigenvalue weighted by Gasteiger charge is 2.33. The van der Waals surface area contributed by atoms with Crippen molar-refractivity contribution in [2.24, 2.45) is 5.92 Å². The summed E-state index contributed by atoms with van der Waals surface area (Å²) in [5, 5.41) is 2.94. The van der Waals surface area contributed by atoms with E-state index in [2.05, 4.69) is 24.1 Å². The van der Waals surface area contributed by atoms with E-state index in [1.807, 2.05) is 0 Å². The molecule has 0 saturated carbocycles. The van der Waals surface area contributed by atoms with E-state index in [-0.39, 0.29) is 17.7 Å². The van der Waals surface area contributed by atoms with E-state index in [1.54, 1.807) is 4.90 Å². The number of likely N-dealkylation sites (tertiary alicyclic amines) is 1. The van der Waals surface area contributed by atoms with Gasteiger partial charge in [0.1, 0.15) is 0 Å². The lowest BCUT2D eigenvalue weighted by Gasteiger charge is -2.37. The highest BCUT2D eigenvalue weighted by molar-refractivity contribution is 5.83. The molecule has 0 aromatic carbocycles. The molecule has 0 unspecified atom stereocenters. The van der Waals surface area contributed by atoms with E-state index in [0.29, 0.717) is 13.1 Å². The number of carbonyl (C=O) groups is 2. The molecule has 18 heavy (non-hydrogen) atoms. The zero-order chi connectivity index (χ0) is 13.5. The number of hydrogen-bond acceptors (Lipinski definition) is 3. The second kappa shape index (κ2) is 7.36. The smallest absolute Gasteiger partial charge is 0.226 e. The number of nitrogens with one attached hydrogen (secondary N) is 1. The Morgan fingerprint density at radius 3 is 2.39 bits per heavy atom. The minimum Gasteiger partial charge on any atom is -0.356 e. The normalized spacial score (nSPS) is 15.7. The van der Waals surface area contributed by atoms with Crippen LogP contribution in [0.3, 0.4) is 0 Å². The molecule has 1 rings (SSSR count). The predicted molar refractivity (Wildman–Crippen MR) is 71.2 cm³/mol. The molecule has 1 N–H and O–H groups in total. The molecule has 1 fully saturated rings. The SMILES string of the molecule is CCN(CC)CCCNC(=O)C1CN(C(C)=O)C1. The highest BCUT2D eigenvalue weighted by Crippen LogP contribution is 2.15. The van der Waals surface area contributed by atoms with Crippen molar-refractivity contribution in [1.82, 2.24) is 15.1 Å². The van der Waals surface area contributed by atoms with Crippen LogP contribution in [-0.2, 0) is 9.59 Å². The summed E-state index contributed by atoms with van der Waals surface area (Å²) < 4.78 is 0. The first-order valence-electron chi connectivity index (χ1n) is 6.84. The molecule has 1 aliphatic heterocycles. The first kappa shape index (κ1) is 15.0. The van der Waals surface area contributed by atoms with E-state index in [1.165, 1.54) is 6.92 Å². The summed E-state index contributed by atoms with van der Waals surface area (Å²) in [6.07, 6.45) is 0.983. The third kappa shape index (κ3) is 4.29. The van der Waals surface area contributed by atoms with Gasteiger partial charge in [0, 0.05) is 26.6 Å². The average molecular weight is 255 g/mol. The maximum absolute atomic E-state index is 11.7. The number of nitrogens with zero attached hydrogens (tertiary/aromatic N) is 2. The average Bonchev–Trinajstić information content (AvgIpc) is 2.26. The van der Waals surface area contributed by atoms with E-state index < -0.39 is 0 Å². The molecular weight excluding hydrogens is 230 g/mol. The van der Waals surface area contributed by atoms with Crippen LogP contribution in [0.1, 0.15) is 27.2 Å². The van der Waals surface area contributed by atoms with Gasteiger partial charge in [-0.15, -0.1) is 0 Å². The van der Waals surface area contributed by atoms with Gasteiger partial charge in [-0.3, -0.25) is 9.59 Å². The molecule has 1 aliphatic rings. The van der Waals surface area contributed by atoms with E-state index in [9.17, 15) is 9.59 Å². The molecule has 1 heterocycles. The Kier molecular flexibility index (Phi) is 6.12. The van der Waals surface area contributed by atoms with Crippen molar-refractivity contribution in [2.75, 3.05) is 39.3 Å². The molecule has 0 aliphatic carbocycles. The van der Waals surface area contributed by atoms with Crippen LogP contribution in [0.25, 0.3) is 0 Å². The molecule has 0 aromatic heterocycles. The molecule has 0 aromatic rings. The Morgan fingerprint density at radius 2 is 1.89 bits per heavy atom. The van der Waals surface area contributed by atoms with Crippen LogP contribution >= 0.6 is 0 Å². The van der Waals surface area contributed by atoms with Gasteiger partial charge >= 0.3 is 0 Å². The summed E-state index contributed by atoms with van der Waals surface area (Å²) in [6, 6.07) is 0. The van der Waals surface area contributed by atoms with Crippen LogP contribution < -0.4 is 5.32 Å². The molecule has 2 amide bonds. The fourth-order valence-corrected chi connectivity index (χ4v) is 2.10. The van der Waals surface area contributed by atoms with E-state index in [4.69, 9.17) is 0 Å². The van der Waals surface area contributed by atoms with Crippen LogP contribution in [0.4, 0.5) is 0 Å². The van der Waals surface area contributed by atoms with Crippen molar-refractivity contribution in [3.63, 3.8) is 0 Å². The van der Waals surface area contributed by atoms with Gasteiger partial charge in [-0.1, -0.05) is 13.8 Å². The summed E-state index contributed by atoms with van der Waals surface area (Å²) in [5.41, 5.74) is 0. The van der Waals surface area contributed by atoms with Crippen LogP contribution in [0.5, 0.6) is 0 Å². The second-order valence-electron chi connectivity index (χ2n) is 4.79. The molecule has 0 bridgehead atoms. The number of rotatable bonds is 7. The van der Waals surface area contributed by atoms with Gasteiger partial charge in [0.25, 0.3) is 0 Å². The van der Waals surface area contributed by atoms with Gasteiger partial charge in [-0.05, 0) is 26.1 Å². The highest BCUT2D eigenvalue weighted by atomic mass is 16.2. The van der Waals surface area contributed by atoms with Crippen molar-refractivity contribution >= 4 is 11.8 Å². The van der Waals surface area contributed by atoms with E-state index in [0.717, 1.165) is 32.6 Å². The maximum atomic E-state index is 11.7. The zero-order valence-electron chi connectivity index (χ0n) is 11.7. The Labute approximate surface area is 110 Å². The third-order valence-corrected chi connectivity index (χ3v) is 3.54. The summed E-state index contributed by atoms with van der Waals surface area (Å²) in [4.78, 5) is 26.7. The fraction of sp³-hybridized carbons (Fsp3) is 0.846. The van der Waals surface area contributed by atoms with Crippen LogP contribution in [0.2, 0.25) is 0 Å². The number of amides is 2. The van der Waals surface area contributed by atoms with Gasteiger partial charge in [0.05, 0.1) is 5.92 Å². The Morgan fingerprint density at radius 1 is 1.28 bits per heavy atom. The topological polar surface area (TPSA) is 52.7 Å². The van der Waals surface area contributed by atoms with Crippen LogP contribution in [0.15, 0.2) is 0 Å². The van der Waals surface area contributed by atoms with Crippen molar-refractivity contribution < 1.29 is 9.59 Å². The fourth-order valence-electron chi connectivity index (χ4n) is 2.10. The molecule has 0 atom stereocenters. The van der Waals surface area contributed by atoms with Gasteiger partial charge in [-0.2, -0.15) is 0 Å². The lowest BCUT2D eigenvalue weighted by Crippen LogP contribution is -2.55.